The highest BCUT2D eigenvalue weighted by atomic mass is 32.2. The van der Waals surface area contributed by atoms with Crippen molar-refractivity contribution in [1.82, 2.24) is 19.4 Å². The number of nitrogens with one attached hydrogen (secondary N) is 1. The maximum atomic E-state index is 13.6. The average molecular weight is 562 g/mol. The molecule has 9 nitrogen and oxygen atoms in total. The second-order valence-electron chi connectivity index (χ2n) is 10.3. The van der Waals surface area contributed by atoms with Crippen LogP contribution in [0.4, 0.5) is 0 Å². The number of aromatic nitrogens is 2. The van der Waals surface area contributed by atoms with E-state index >= 15 is 0 Å². The number of hydrogen-bond acceptors (Lipinski definition) is 6. The van der Waals surface area contributed by atoms with E-state index in [9.17, 15) is 18.5 Å². The van der Waals surface area contributed by atoms with Gasteiger partial charge in [-0.25, -0.2) is 13.1 Å². The number of piperidine rings is 1. The number of amides is 1. The third-order valence-corrected chi connectivity index (χ3v) is 8.65. The predicted octanol–water partition coefficient (Wildman–Crippen LogP) is 4.27. The first kappa shape index (κ1) is 29.2. The van der Waals surface area contributed by atoms with Gasteiger partial charge < -0.3 is 10.1 Å². The summed E-state index contributed by atoms with van der Waals surface area (Å²) in [6.45, 7) is 5.98. The molecule has 0 radical (unpaired) electrons. The van der Waals surface area contributed by atoms with Crippen molar-refractivity contribution < 1.29 is 17.9 Å². The number of benzene rings is 2. The molecular formula is C30H35N5O4S. The fraction of sp³-hybridized carbons (Fsp3) is 0.367. The summed E-state index contributed by atoms with van der Waals surface area (Å²) in [7, 11) is -2.13. The number of nitrogens with zero attached hydrogens (tertiary/aromatic N) is 4. The van der Waals surface area contributed by atoms with E-state index in [1.807, 2.05) is 36.4 Å². The first-order chi connectivity index (χ1) is 19.2. The van der Waals surface area contributed by atoms with Gasteiger partial charge in [0.05, 0.1) is 10.6 Å². The molecule has 4 rings (SSSR count). The van der Waals surface area contributed by atoms with Crippen LogP contribution >= 0.6 is 0 Å². The molecule has 2 heterocycles. The molecule has 0 saturated carbocycles. The number of ether oxygens (including phenoxy) is 1. The van der Waals surface area contributed by atoms with Crippen molar-refractivity contribution in [3.8, 4) is 23.0 Å². The Morgan fingerprint density at radius 3 is 2.55 bits per heavy atom. The number of carbonyl (C=O) groups excluding carboxylic acids is 1. The van der Waals surface area contributed by atoms with E-state index in [0.717, 1.165) is 12.1 Å². The van der Waals surface area contributed by atoms with Crippen LogP contribution in [0.2, 0.25) is 0 Å². The van der Waals surface area contributed by atoms with Gasteiger partial charge in [0.1, 0.15) is 17.3 Å². The molecule has 3 aromatic rings. The lowest BCUT2D eigenvalue weighted by atomic mass is 9.94. The number of para-hydroxylation sites is 1. The molecule has 0 bridgehead atoms. The van der Waals surface area contributed by atoms with Crippen molar-refractivity contribution in [2.45, 2.75) is 31.6 Å². The number of carbonyl (C=O) groups is 1. The molecule has 2 atom stereocenters. The Labute approximate surface area is 236 Å². The fourth-order valence-electron chi connectivity index (χ4n) is 5.00. The predicted molar refractivity (Wildman–Crippen MR) is 154 cm³/mol. The van der Waals surface area contributed by atoms with E-state index in [4.69, 9.17) is 9.84 Å². The third kappa shape index (κ3) is 6.86. The number of hydrogen-bond donors (Lipinski definition) is 1. The quantitative estimate of drug-likeness (QED) is 0.225. The summed E-state index contributed by atoms with van der Waals surface area (Å²) in [5.74, 6) is 0.0665. The summed E-state index contributed by atoms with van der Waals surface area (Å²) in [6, 6.07) is 18.1. The van der Waals surface area contributed by atoms with Gasteiger partial charge in [0.15, 0.2) is 0 Å². The van der Waals surface area contributed by atoms with Crippen LogP contribution in [0.5, 0.6) is 0 Å². The average Bonchev–Trinajstić information content (AvgIpc) is 3.38. The molecule has 2 aromatic carbocycles. The minimum atomic E-state index is -3.72. The summed E-state index contributed by atoms with van der Waals surface area (Å²) in [5, 5.41) is 17.3. The minimum Gasteiger partial charge on any atom is -0.385 e. The Hall–Kier alpha value is -3.78. The smallest absolute Gasteiger partial charge is 0.261 e. The third-order valence-electron chi connectivity index (χ3n) is 6.82. The Kier molecular flexibility index (Phi) is 9.53. The van der Waals surface area contributed by atoms with Gasteiger partial charge in [-0.15, -0.1) is 0 Å². The standard InChI is InChI=1S/C30H35N5O4S/c1-22-15-23(2)20-34(19-22)40(37,38)28-12-7-9-24(17-28)29-26(21-35(33-29)27-10-5-4-6-11-27)16-25(18-31)30(36)32-13-8-14-39-3/h4-7,9-12,16-17,21-23H,8,13-15,19-20H2,1-3H3,(H,32,36)/b25-16-. The van der Waals surface area contributed by atoms with E-state index in [-0.39, 0.29) is 22.3 Å². The van der Waals surface area contributed by atoms with Gasteiger partial charge in [0.2, 0.25) is 10.0 Å². The van der Waals surface area contributed by atoms with Crippen LogP contribution < -0.4 is 5.32 Å². The molecule has 10 heteroatoms. The molecule has 1 saturated heterocycles. The summed E-state index contributed by atoms with van der Waals surface area (Å²) in [4.78, 5) is 12.9. The van der Waals surface area contributed by atoms with Crippen LogP contribution in [-0.2, 0) is 19.6 Å². The van der Waals surface area contributed by atoms with Crippen LogP contribution in [-0.4, -0.2) is 61.8 Å². The molecule has 1 N–H and O–H groups in total. The molecule has 1 aliphatic rings. The van der Waals surface area contributed by atoms with E-state index in [1.165, 1.54) is 6.08 Å². The van der Waals surface area contributed by atoms with Gasteiger partial charge in [-0.05, 0) is 55.0 Å². The normalized spacial score (nSPS) is 18.3. The first-order valence-corrected chi connectivity index (χ1v) is 14.8. The zero-order valence-electron chi connectivity index (χ0n) is 23.1. The summed E-state index contributed by atoms with van der Waals surface area (Å²) in [6.07, 6.45) is 4.84. The van der Waals surface area contributed by atoms with Gasteiger partial charge in [-0.2, -0.15) is 14.7 Å². The molecule has 2 unspecified atom stereocenters. The van der Waals surface area contributed by atoms with Gasteiger partial charge in [-0.3, -0.25) is 4.79 Å². The molecular weight excluding hydrogens is 526 g/mol. The molecule has 1 fully saturated rings. The largest absolute Gasteiger partial charge is 0.385 e. The van der Waals surface area contributed by atoms with Crippen LogP contribution in [0, 0.1) is 23.2 Å². The highest BCUT2D eigenvalue weighted by Crippen LogP contribution is 2.31. The number of sulfonamides is 1. The maximum Gasteiger partial charge on any atom is 0.261 e. The Morgan fingerprint density at radius 2 is 1.88 bits per heavy atom. The summed E-state index contributed by atoms with van der Waals surface area (Å²) < 4.78 is 35.5. The maximum absolute atomic E-state index is 13.6. The zero-order chi connectivity index (χ0) is 28.7. The van der Waals surface area contributed by atoms with E-state index < -0.39 is 15.9 Å². The van der Waals surface area contributed by atoms with Gasteiger partial charge in [0.25, 0.3) is 5.91 Å². The Morgan fingerprint density at radius 1 is 1.15 bits per heavy atom. The zero-order valence-corrected chi connectivity index (χ0v) is 23.9. The van der Waals surface area contributed by atoms with Crippen LogP contribution in [0.1, 0.15) is 32.3 Å². The van der Waals surface area contributed by atoms with Crippen LogP contribution in [0.15, 0.2) is 71.3 Å². The van der Waals surface area contributed by atoms with E-state index in [1.54, 1.807) is 46.6 Å². The number of nitriles is 1. The SMILES string of the molecule is COCCCNC(=O)/C(C#N)=C\c1cn(-c2ccccc2)nc1-c1cccc(S(=O)(=O)N2CC(C)CC(C)C2)c1. The topological polar surface area (TPSA) is 117 Å². The van der Waals surface area contributed by atoms with Crippen molar-refractivity contribution in [2.24, 2.45) is 11.8 Å². The molecule has 210 valence electrons. The van der Waals surface area contributed by atoms with Gasteiger partial charge >= 0.3 is 0 Å². The number of rotatable bonds is 10. The first-order valence-electron chi connectivity index (χ1n) is 13.4. The monoisotopic (exact) mass is 561 g/mol. The molecule has 1 aromatic heterocycles. The van der Waals surface area contributed by atoms with Crippen molar-refractivity contribution >= 4 is 22.0 Å². The second-order valence-corrected chi connectivity index (χ2v) is 12.2. The molecule has 1 amide bonds. The summed E-state index contributed by atoms with van der Waals surface area (Å²) >= 11 is 0. The highest BCUT2D eigenvalue weighted by Gasteiger charge is 2.32. The Bertz CT molecular complexity index is 1500. The van der Waals surface area contributed by atoms with Crippen molar-refractivity contribution in [3.05, 3.63) is 71.9 Å². The van der Waals surface area contributed by atoms with Crippen molar-refractivity contribution in [3.63, 3.8) is 0 Å². The van der Waals surface area contributed by atoms with Crippen LogP contribution in [0.3, 0.4) is 0 Å². The lowest BCUT2D eigenvalue weighted by Crippen LogP contribution is -2.42. The minimum absolute atomic E-state index is 0.0775. The molecule has 1 aliphatic heterocycles. The fourth-order valence-corrected chi connectivity index (χ4v) is 6.73. The number of methoxy groups -OCH3 is 1. The molecule has 0 spiro atoms. The van der Waals surface area contributed by atoms with Gasteiger partial charge in [0, 0.05) is 50.7 Å². The molecule has 40 heavy (non-hydrogen) atoms. The second kappa shape index (κ2) is 13.0. The van der Waals surface area contributed by atoms with Crippen molar-refractivity contribution in [2.75, 3.05) is 33.4 Å². The van der Waals surface area contributed by atoms with Gasteiger partial charge in [-0.1, -0.05) is 44.2 Å². The van der Waals surface area contributed by atoms with Crippen LogP contribution in [0.25, 0.3) is 23.0 Å². The summed E-state index contributed by atoms with van der Waals surface area (Å²) in [5.41, 5.74) is 2.25. The van der Waals surface area contributed by atoms with E-state index in [0.29, 0.717) is 49.5 Å². The molecule has 0 aliphatic carbocycles. The van der Waals surface area contributed by atoms with Crippen molar-refractivity contribution in [1.29, 1.82) is 5.26 Å². The van der Waals surface area contributed by atoms with E-state index in [2.05, 4.69) is 19.2 Å². The highest BCUT2D eigenvalue weighted by molar-refractivity contribution is 7.89. The lowest BCUT2D eigenvalue weighted by Gasteiger charge is -2.34. The lowest BCUT2D eigenvalue weighted by molar-refractivity contribution is -0.117. The Balaban J connectivity index is 1.74.